The highest BCUT2D eigenvalue weighted by molar-refractivity contribution is 5.27. The minimum absolute atomic E-state index is 0.00806. The summed E-state index contributed by atoms with van der Waals surface area (Å²) in [5.41, 5.74) is 5.05. The number of hydrazine groups is 1. The van der Waals surface area contributed by atoms with Crippen LogP contribution in [-0.2, 0) is 9.47 Å². The third kappa shape index (κ3) is 2.57. The molecule has 1 heterocycles. The average molecular weight is 250 g/mol. The molecule has 1 aliphatic heterocycles. The molecule has 1 aromatic carbocycles. The molecule has 1 atom stereocenters. The highest BCUT2D eigenvalue weighted by Gasteiger charge is 2.41. The Morgan fingerprint density at radius 3 is 2.67 bits per heavy atom. The molecule has 2 rings (SSSR count). The average Bonchev–Trinajstić information content (AvgIpc) is 2.41. The van der Waals surface area contributed by atoms with Crippen molar-refractivity contribution in [3.63, 3.8) is 0 Å². The Morgan fingerprint density at radius 1 is 1.39 bits per heavy atom. The molecule has 18 heavy (non-hydrogen) atoms. The summed E-state index contributed by atoms with van der Waals surface area (Å²) in [5.74, 6) is 5.78. The van der Waals surface area contributed by atoms with E-state index in [0.29, 0.717) is 0 Å². The van der Waals surface area contributed by atoms with E-state index < -0.39 is 0 Å². The maximum atomic E-state index is 5.80. The highest BCUT2D eigenvalue weighted by Crippen LogP contribution is 2.37. The summed E-state index contributed by atoms with van der Waals surface area (Å²) in [5, 5.41) is 0. The van der Waals surface area contributed by atoms with E-state index in [1.807, 2.05) is 0 Å². The molecule has 1 aromatic rings. The van der Waals surface area contributed by atoms with Crippen molar-refractivity contribution >= 4 is 0 Å². The lowest BCUT2D eigenvalue weighted by molar-refractivity contribution is -0.111. The fraction of sp³-hybridized carbons (Fsp3) is 0.571. The van der Waals surface area contributed by atoms with Crippen molar-refractivity contribution in [1.82, 2.24) is 5.43 Å². The SMILES string of the molecule is COC1(C(NN)c2cccc(C)c2)CCOCC1. The number of nitrogens with one attached hydrogen (secondary N) is 1. The molecule has 4 nitrogen and oxygen atoms in total. The first-order valence-corrected chi connectivity index (χ1v) is 6.37. The number of hydrogen-bond acceptors (Lipinski definition) is 4. The van der Waals surface area contributed by atoms with Crippen molar-refractivity contribution in [2.45, 2.75) is 31.4 Å². The quantitative estimate of drug-likeness (QED) is 0.631. The van der Waals surface area contributed by atoms with Crippen LogP contribution in [0.1, 0.15) is 30.0 Å². The number of hydrogen-bond donors (Lipinski definition) is 2. The largest absolute Gasteiger partial charge is 0.381 e. The van der Waals surface area contributed by atoms with E-state index in [9.17, 15) is 0 Å². The molecular weight excluding hydrogens is 228 g/mol. The van der Waals surface area contributed by atoms with Crippen molar-refractivity contribution in [2.75, 3.05) is 20.3 Å². The molecule has 3 N–H and O–H groups in total. The van der Waals surface area contributed by atoms with Gasteiger partial charge in [0.2, 0.25) is 0 Å². The van der Waals surface area contributed by atoms with Gasteiger partial charge in [-0.2, -0.15) is 0 Å². The normalized spacial score (nSPS) is 20.6. The zero-order chi connectivity index (χ0) is 13.0. The van der Waals surface area contributed by atoms with Crippen LogP contribution < -0.4 is 11.3 Å². The Hall–Kier alpha value is -0.940. The van der Waals surface area contributed by atoms with Crippen LogP contribution in [0.25, 0.3) is 0 Å². The van der Waals surface area contributed by atoms with Gasteiger partial charge in [-0.25, -0.2) is 0 Å². The molecule has 0 bridgehead atoms. The smallest absolute Gasteiger partial charge is 0.0929 e. The zero-order valence-electron chi connectivity index (χ0n) is 11.1. The van der Waals surface area contributed by atoms with Gasteiger partial charge in [-0.05, 0) is 12.5 Å². The van der Waals surface area contributed by atoms with Crippen molar-refractivity contribution in [2.24, 2.45) is 5.84 Å². The summed E-state index contributed by atoms with van der Waals surface area (Å²) < 4.78 is 11.2. The lowest BCUT2D eigenvalue weighted by Gasteiger charge is -2.42. The lowest BCUT2D eigenvalue weighted by atomic mass is 9.82. The minimum Gasteiger partial charge on any atom is -0.381 e. The molecule has 0 saturated carbocycles. The van der Waals surface area contributed by atoms with Crippen LogP contribution >= 0.6 is 0 Å². The summed E-state index contributed by atoms with van der Waals surface area (Å²) in [4.78, 5) is 0. The Labute approximate surface area is 108 Å². The standard InChI is InChI=1S/C14H22N2O2/c1-11-4-3-5-12(10-11)13(16-15)14(17-2)6-8-18-9-7-14/h3-5,10,13,16H,6-9,15H2,1-2H3. The van der Waals surface area contributed by atoms with Crippen LogP contribution in [0.2, 0.25) is 0 Å². The van der Waals surface area contributed by atoms with E-state index in [1.165, 1.54) is 11.1 Å². The van der Waals surface area contributed by atoms with E-state index in [2.05, 4.69) is 36.6 Å². The number of benzene rings is 1. The van der Waals surface area contributed by atoms with Crippen LogP contribution in [0, 0.1) is 6.92 Å². The number of nitrogens with two attached hydrogens (primary N) is 1. The van der Waals surface area contributed by atoms with Crippen molar-refractivity contribution in [3.05, 3.63) is 35.4 Å². The maximum Gasteiger partial charge on any atom is 0.0929 e. The van der Waals surface area contributed by atoms with Crippen LogP contribution in [0.3, 0.4) is 0 Å². The molecule has 100 valence electrons. The Morgan fingerprint density at radius 2 is 2.11 bits per heavy atom. The van der Waals surface area contributed by atoms with E-state index in [0.717, 1.165) is 26.1 Å². The fourth-order valence-corrected chi connectivity index (χ4v) is 2.73. The van der Waals surface area contributed by atoms with Gasteiger partial charge in [0.15, 0.2) is 0 Å². The van der Waals surface area contributed by atoms with Gasteiger partial charge in [-0.15, -0.1) is 0 Å². The van der Waals surface area contributed by atoms with E-state index in [4.69, 9.17) is 15.3 Å². The van der Waals surface area contributed by atoms with Gasteiger partial charge in [-0.3, -0.25) is 11.3 Å². The third-order valence-corrected chi connectivity index (χ3v) is 3.81. The first-order chi connectivity index (χ1) is 8.72. The molecule has 4 heteroatoms. The fourth-order valence-electron chi connectivity index (χ4n) is 2.73. The van der Waals surface area contributed by atoms with Gasteiger partial charge in [0, 0.05) is 33.2 Å². The summed E-state index contributed by atoms with van der Waals surface area (Å²) in [6.07, 6.45) is 1.71. The minimum atomic E-state index is -0.277. The van der Waals surface area contributed by atoms with E-state index in [-0.39, 0.29) is 11.6 Å². The molecule has 0 aromatic heterocycles. The van der Waals surface area contributed by atoms with Gasteiger partial charge in [0.05, 0.1) is 11.6 Å². The van der Waals surface area contributed by atoms with Crippen LogP contribution in [0.4, 0.5) is 0 Å². The number of aryl methyl sites for hydroxylation is 1. The monoisotopic (exact) mass is 250 g/mol. The van der Waals surface area contributed by atoms with Crippen molar-refractivity contribution in [1.29, 1.82) is 0 Å². The second-order valence-corrected chi connectivity index (χ2v) is 4.90. The summed E-state index contributed by atoms with van der Waals surface area (Å²) in [6, 6.07) is 8.37. The van der Waals surface area contributed by atoms with Crippen LogP contribution in [0.15, 0.2) is 24.3 Å². The highest BCUT2D eigenvalue weighted by atomic mass is 16.5. The summed E-state index contributed by atoms with van der Waals surface area (Å²) >= 11 is 0. The molecule has 0 radical (unpaired) electrons. The molecule has 1 saturated heterocycles. The molecule has 1 aliphatic rings. The van der Waals surface area contributed by atoms with Gasteiger partial charge in [0.1, 0.15) is 0 Å². The third-order valence-electron chi connectivity index (χ3n) is 3.81. The zero-order valence-corrected chi connectivity index (χ0v) is 11.1. The van der Waals surface area contributed by atoms with E-state index >= 15 is 0 Å². The van der Waals surface area contributed by atoms with Gasteiger partial charge in [0.25, 0.3) is 0 Å². The molecular formula is C14H22N2O2. The molecule has 1 fully saturated rings. The molecule has 1 unspecified atom stereocenters. The van der Waals surface area contributed by atoms with Crippen LogP contribution in [0.5, 0.6) is 0 Å². The number of methoxy groups -OCH3 is 1. The Bertz CT molecular complexity index is 389. The Kier molecular flexibility index (Phi) is 4.35. The maximum absolute atomic E-state index is 5.80. The van der Waals surface area contributed by atoms with Gasteiger partial charge < -0.3 is 9.47 Å². The second kappa shape index (κ2) is 5.80. The number of ether oxygens (including phenoxy) is 2. The topological polar surface area (TPSA) is 56.5 Å². The molecule has 0 aliphatic carbocycles. The van der Waals surface area contributed by atoms with Gasteiger partial charge >= 0.3 is 0 Å². The number of rotatable bonds is 4. The van der Waals surface area contributed by atoms with Gasteiger partial charge in [-0.1, -0.05) is 29.8 Å². The van der Waals surface area contributed by atoms with Crippen molar-refractivity contribution in [3.8, 4) is 0 Å². The molecule has 0 amide bonds. The predicted molar refractivity (Wildman–Crippen MR) is 71.0 cm³/mol. The summed E-state index contributed by atoms with van der Waals surface area (Å²) in [6.45, 7) is 3.52. The molecule has 0 spiro atoms. The lowest BCUT2D eigenvalue weighted by Crippen LogP contribution is -2.51. The first-order valence-electron chi connectivity index (χ1n) is 6.37. The predicted octanol–water partition coefficient (Wildman–Crippen LogP) is 1.70. The van der Waals surface area contributed by atoms with E-state index in [1.54, 1.807) is 7.11 Å². The second-order valence-electron chi connectivity index (χ2n) is 4.90. The summed E-state index contributed by atoms with van der Waals surface area (Å²) in [7, 11) is 1.76. The first kappa shape index (κ1) is 13.5. The Balaban J connectivity index is 2.31. The van der Waals surface area contributed by atoms with Crippen molar-refractivity contribution < 1.29 is 9.47 Å². The van der Waals surface area contributed by atoms with Crippen LogP contribution in [-0.4, -0.2) is 25.9 Å².